The maximum atomic E-state index is 12.0. The van der Waals surface area contributed by atoms with E-state index in [9.17, 15) is 4.79 Å². The van der Waals surface area contributed by atoms with Gasteiger partial charge >= 0.3 is 0 Å². The van der Waals surface area contributed by atoms with Crippen LogP contribution < -0.4 is 0 Å². The summed E-state index contributed by atoms with van der Waals surface area (Å²) in [6, 6.07) is 7.67. The average Bonchev–Trinajstić information content (AvgIpc) is 2.79. The van der Waals surface area contributed by atoms with Gasteiger partial charge in [-0.25, -0.2) is 4.98 Å². The van der Waals surface area contributed by atoms with Gasteiger partial charge in [0.1, 0.15) is 9.39 Å². The molecule has 0 fully saturated rings. The van der Waals surface area contributed by atoms with Gasteiger partial charge in [-0.3, -0.25) is 4.79 Å². The molecule has 18 heavy (non-hydrogen) atoms. The lowest BCUT2D eigenvalue weighted by Crippen LogP contribution is -2.24. The van der Waals surface area contributed by atoms with Crippen LogP contribution in [0.15, 0.2) is 36.7 Å². The zero-order valence-electron chi connectivity index (χ0n) is 10.3. The Morgan fingerprint density at radius 3 is 2.83 bits per heavy atom. The Labute approximate surface area is 120 Å². The van der Waals surface area contributed by atoms with E-state index in [1.54, 1.807) is 25.2 Å². The third-order valence-corrected chi connectivity index (χ3v) is 3.60. The minimum absolute atomic E-state index is 0.0129. The molecular formula is C13H14IN3O. The lowest BCUT2D eigenvalue weighted by atomic mass is 10.3. The van der Waals surface area contributed by atoms with Crippen molar-refractivity contribution in [3.05, 3.63) is 51.6 Å². The molecule has 0 radical (unpaired) electrons. The zero-order chi connectivity index (χ0) is 13.1. The van der Waals surface area contributed by atoms with Gasteiger partial charge in [0.05, 0.1) is 6.54 Å². The number of nitrogens with zero attached hydrogens (tertiary/aromatic N) is 3. The third-order valence-electron chi connectivity index (χ3n) is 2.63. The highest BCUT2D eigenvalue weighted by Gasteiger charge is 2.13. The number of hydrogen-bond donors (Lipinski definition) is 0. The third kappa shape index (κ3) is 2.72. The van der Waals surface area contributed by atoms with E-state index >= 15 is 0 Å². The summed E-state index contributed by atoms with van der Waals surface area (Å²) in [7, 11) is 3.51. The van der Waals surface area contributed by atoms with Crippen molar-refractivity contribution >= 4 is 28.5 Å². The van der Waals surface area contributed by atoms with Gasteiger partial charge in [0.15, 0.2) is 0 Å². The van der Waals surface area contributed by atoms with Crippen molar-refractivity contribution in [3.63, 3.8) is 0 Å². The summed E-state index contributed by atoms with van der Waals surface area (Å²) in [4.78, 5) is 17.8. The number of carbonyl (C=O) groups excluding carboxylic acids is 1. The number of rotatable bonds is 3. The highest BCUT2D eigenvalue weighted by molar-refractivity contribution is 14.1. The number of pyridine rings is 1. The molecule has 0 aliphatic carbocycles. The first-order valence-corrected chi connectivity index (χ1v) is 6.63. The molecule has 0 aliphatic rings. The Morgan fingerprint density at radius 2 is 2.17 bits per heavy atom. The van der Waals surface area contributed by atoms with Crippen LogP contribution >= 0.6 is 22.6 Å². The number of aromatic nitrogens is 2. The van der Waals surface area contributed by atoms with Crippen molar-refractivity contribution in [2.45, 2.75) is 6.54 Å². The fraction of sp³-hybridized carbons (Fsp3) is 0.231. The number of halogens is 1. The van der Waals surface area contributed by atoms with E-state index in [0.29, 0.717) is 12.2 Å². The van der Waals surface area contributed by atoms with Crippen LogP contribution in [-0.2, 0) is 6.54 Å². The van der Waals surface area contributed by atoms with Crippen LogP contribution in [0.2, 0.25) is 0 Å². The first-order valence-electron chi connectivity index (χ1n) is 5.56. The Hall–Kier alpha value is -1.37. The van der Waals surface area contributed by atoms with Crippen LogP contribution in [0.1, 0.15) is 16.1 Å². The van der Waals surface area contributed by atoms with Crippen LogP contribution in [0, 0.1) is 3.70 Å². The fourth-order valence-electron chi connectivity index (χ4n) is 1.70. The topological polar surface area (TPSA) is 38.1 Å². The van der Waals surface area contributed by atoms with Gasteiger partial charge in [-0.1, -0.05) is 6.07 Å². The second-order valence-electron chi connectivity index (χ2n) is 4.17. The molecule has 0 aromatic carbocycles. The van der Waals surface area contributed by atoms with Crippen molar-refractivity contribution < 1.29 is 4.79 Å². The summed E-state index contributed by atoms with van der Waals surface area (Å²) >= 11 is 2.21. The van der Waals surface area contributed by atoms with Crippen LogP contribution in [0.25, 0.3) is 0 Å². The van der Waals surface area contributed by atoms with Gasteiger partial charge in [-0.15, -0.1) is 0 Å². The summed E-state index contributed by atoms with van der Waals surface area (Å²) in [6.45, 7) is 0.661. The van der Waals surface area contributed by atoms with Gasteiger partial charge < -0.3 is 9.47 Å². The van der Waals surface area contributed by atoms with E-state index in [0.717, 1.165) is 9.26 Å². The van der Waals surface area contributed by atoms with E-state index in [1.165, 1.54) is 0 Å². The molecule has 0 N–H and O–H groups in total. The molecule has 0 unspecified atom stereocenters. The molecule has 2 heterocycles. The van der Waals surface area contributed by atoms with Gasteiger partial charge in [-0.2, -0.15) is 0 Å². The molecule has 2 aromatic rings. The van der Waals surface area contributed by atoms with Crippen LogP contribution in [0.3, 0.4) is 0 Å². The first-order chi connectivity index (χ1) is 8.59. The molecular weight excluding hydrogens is 341 g/mol. The highest BCUT2D eigenvalue weighted by atomic mass is 127. The summed E-state index contributed by atoms with van der Waals surface area (Å²) in [5.41, 5.74) is 1.81. The van der Waals surface area contributed by atoms with Crippen molar-refractivity contribution in [2.75, 3.05) is 14.1 Å². The Bertz CT molecular complexity index is 563. The lowest BCUT2D eigenvalue weighted by Gasteiger charge is -2.13. The molecule has 0 saturated heterocycles. The minimum Gasteiger partial charge on any atom is -0.343 e. The monoisotopic (exact) mass is 355 g/mol. The highest BCUT2D eigenvalue weighted by Crippen LogP contribution is 2.13. The molecule has 5 heteroatoms. The van der Waals surface area contributed by atoms with E-state index in [1.807, 2.05) is 35.0 Å². The summed E-state index contributed by atoms with van der Waals surface area (Å²) in [5, 5.41) is 0. The summed E-state index contributed by atoms with van der Waals surface area (Å²) in [5.74, 6) is 0.0129. The van der Waals surface area contributed by atoms with Crippen molar-refractivity contribution in [2.24, 2.45) is 0 Å². The van der Waals surface area contributed by atoms with E-state index < -0.39 is 0 Å². The molecule has 2 rings (SSSR count). The van der Waals surface area contributed by atoms with Gasteiger partial charge in [0, 0.05) is 32.1 Å². The number of amides is 1. The maximum Gasteiger partial charge on any atom is 0.269 e. The molecule has 4 nitrogen and oxygen atoms in total. The Balaban J connectivity index is 2.29. The number of carbonyl (C=O) groups is 1. The standard InChI is InChI=1S/C13H14IN3O/c1-16(2)13(18)11-6-4-8-17(11)9-10-5-3-7-15-12(10)14/h3-8H,9H2,1-2H3. The predicted molar refractivity (Wildman–Crippen MR) is 78.5 cm³/mol. The lowest BCUT2D eigenvalue weighted by molar-refractivity contribution is 0.0817. The number of hydrogen-bond acceptors (Lipinski definition) is 2. The Kier molecular flexibility index (Phi) is 4.00. The predicted octanol–water partition coefficient (Wildman–Crippen LogP) is 2.24. The van der Waals surface area contributed by atoms with Crippen LogP contribution in [0.4, 0.5) is 0 Å². The van der Waals surface area contributed by atoms with E-state index in [2.05, 4.69) is 27.6 Å². The van der Waals surface area contributed by atoms with Gasteiger partial charge in [0.2, 0.25) is 0 Å². The van der Waals surface area contributed by atoms with Crippen LogP contribution in [-0.4, -0.2) is 34.5 Å². The van der Waals surface area contributed by atoms with E-state index in [-0.39, 0.29) is 5.91 Å². The summed E-state index contributed by atoms with van der Waals surface area (Å²) < 4.78 is 2.91. The summed E-state index contributed by atoms with van der Waals surface area (Å²) in [6.07, 6.45) is 3.69. The zero-order valence-corrected chi connectivity index (χ0v) is 12.5. The van der Waals surface area contributed by atoms with E-state index in [4.69, 9.17) is 0 Å². The molecule has 94 valence electrons. The molecule has 0 saturated carbocycles. The first kappa shape index (κ1) is 13.1. The van der Waals surface area contributed by atoms with Crippen molar-refractivity contribution in [1.82, 2.24) is 14.5 Å². The second-order valence-corrected chi connectivity index (χ2v) is 5.20. The largest absolute Gasteiger partial charge is 0.343 e. The SMILES string of the molecule is CN(C)C(=O)c1cccn1Cc1cccnc1I. The molecule has 1 amide bonds. The Morgan fingerprint density at radius 1 is 1.39 bits per heavy atom. The quantitative estimate of drug-likeness (QED) is 0.626. The smallest absolute Gasteiger partial charge is 0.269 e. The van der Waals surface area contributed by atoms with Crippen LogP contribution in [0.5, 0.6) is 0 Å². The normalized spacial score (nSPS) is 10.4. The molecule has 0 bridgehead atoms. The fourth-order valence-corrected chi connectivity index (χ4v) is 2.21. The molecule has 0 aliphatic heterocycles. The van der Waals surface area contributed by atoms with Gasteiger partial charge in [0.25, 0.3) is 5.91 Å². The second kappa shape index (κ2) is 5.51. The minimum atomic E-state index is 0.0129. The average molecular weight is 355 g/mol. The molecule has 0 spiro atoms. The molecule has 2 aromatic heterocycles. The van der Waals surface area contributed by atoms with Gasteiger partial charge in [-0.05, 0) is 40.8 Å². The maximum absolute atomic E-state index is 12.0. The van der Waals surface area contributed by atoms with Crippen molar-refractivity contribution in [1.29, 1.82) is 0 Å². The van der Waals surface area contributed by atoms with Crippen molar-refractivity contribution in [3.8, 4) is 0 Å². The molecule has 0 atom stereocenters.